The minimum Gasteiger partial charge on any atom is -0.506 e. The summed E-state index contributed by atoms with van der Waals surface area (Å²) < 4.78 is 0. The van der Waals surface area contributed by atoms with Crippen molar-refractivity contribution in [2.75, 3.05) is 0 Å². The van der Waals surface area contributed by atoms with Crippen LogP contribution in [-0.2, 0) is 6.42 Å². The standard InChI is InChI=1S/C21H17ClN2O3S2/c1-12(17-11-29-20(19(17)25)14-5-3-7-16(22)10-14)23-24-18(28)9-13-4-2-6-15(8-13)21(26)27/h2-8,10-11,25H,9H2,1H3,(H,24,28)(H,26,27)/b23-12-. The van der Waals surface area contributed by atoms with E-state index in [0.29, 0.717) is 32.6 Å². The van der Waals surface area contributed by atoms with Crippen LogP contribution in [0.25, 0.3) is 10.4 Å². The van der Waals surface area contributed by atoms with Crippen LogP contribution in [0.3, 0.4) is 0 Å². The fraction of sp³-hybridized carbons (Fsp3) is 0.0952. The van der Waals surface area contributed by atoms with Crippen molar-refractivity contribution in [2.24, 2.45) is 5.10 Å². The van der Waals surface area contributed by atoms with Crippen molar-refractivity contribution < 1.29 is 15.0 Å². The van der Waals surface area contributed by atoms with E-state index in [1.807, 2.05) is 17.5 Å². The third-order valence-electron chi connectivity index (χ3n) is 4.13. The minimum atomic E-state index is -0.983. The van der Waals surface area contributed by atoms with Gasteiger partial charge in [-0.3, -0.25) is 5.43 Å². The van der Waals surface area contributed by atoms with Crippen LogP contribution in [-0.4, -0.2) is 26.9 Å². The Morgan fingerprint density at radius 3 is 2.72 bits per heavy atom. The number of hydrogen-bond donors (Lipinski definition) is 3. The second-order valence-electron chi connectivity index (χ2n) is 6.25. The zero-order valence-electron chi connectivity index (χ0n) is 15.3. The first-order valence-corrected chi connectivity index (χ1v) is 10.2. The summed E-state index contributed by atoms with van der Waals surface area (Å²) in [6.07, 6.45) is 0.358. The zero-order chi connectivity index (χ0) is 21.0. The minimum absolute atomic E-state index is 0.139. The number of hydrazone groups is 1. The maximum atomic E-state index is 11.1. The molecule has 0 saturated carbocycles. The Bertz CT molecular complexity index is 1110. The summed E-state index contributed by atoms with van der Waals surface area (Å²) in [5.74, 6) is -0.844. The normalized spacial score (nSPS) is 11.3. The molecule has 0 spiro atoms. The Kier molecular flexibility index (Phi) is 6.64. The fourth-order valence-corrected chi connectivity index (χ4v) is 4.09. The van der Waals surface area contributed by atoms with Crippen molar-refractivity contribution in [3.05, 3.63) is 75.6 Å². The average Bonchev–Trinajstić information content (AvgIpc) is 3.08. The quantitative estimate of drug-likeness (QED) is 0.271. The number of nitrogens with zero attached hydrogens (tertiary/aromatic N) is 1. The number of nitrogens with one attached hydrogen (secondary N) is 1. The molecule has 3 N–H and O–H groups in total. The summed E-state index contributed by atoms with van der Waals surface area (Å²) >= 11 is 12.7. The second kappa shape index (κ2) is 9.17. The predicted octanol–water partition coefficient (Wildman–Crippen LogP) is 5.36. The van der Waals surface area contributed by atoms with E-state index in [2.05, 4.69) is 10.5 Å². The van der Waals surface area contributed by atoms with E-state index in [0.717, 1.165) is 11.1 Å². The largest absolute Gasteiger partial charge is 0.506 e. The maximum Gasteiger partial charge on any atom is 0.335 e. The summed E-state index contributed by atoms with van der Waals surface area (Å²) in [5.41, 5.74) is 5.81. The maximum absolute atomic E-state index is 11.1. The molecule has 3 aromatic rings. The van der Waals surface area contributed by atoms with Crippen molar-refractivity contribution in [1.29, 1.82) is 0 Å². The van der Waals surface area contributed by atoms with Gasteiger partial charge in [-0.1, -0.05) is 48.1 Å². The number of aromatic carboxylic acids is 1. The lowest BCUT2D eigenvalue weighted by molar-refractivity contribution is 0.0696. The van der Waals surface area contributed by atoms with Crippen LogP contribution in [0.4, 0.5) is 0 Å². The molecule has 0 fully saturated rings. The van der Waals surface area contributed by atoms with E-state index < -0.39 is 5.97 Å². The van der Waals surface area contributed by atoms with Crippen LogP contribution in [0.2, 0.25) is 5.02 Å². The predicted molar refractivity (Wildman–Crippen MR) is 121 cm³/mol. The molecule has 29 heavy (non-hydrogen) atoms. The number of halogens is 1. The Labute approximate surface area is 182 Å². The molecule has 148 valence electrons. The van der Waals surface area contributed by atoms with E-state index in [4.69, 9.17) is 28.9 Å². The van der Waals surface area contributed by atoms with Gasteiger partial charge in [0.2, 0.25) is 0 Å². The number of thiocarbonyl (C=S) groups is 1. The van der Waals surface area contributed by atoms with Crippen LogP contribution in [0.5, 0.6) is 5.75 Å². The molecule has 0 atom stereocenters. The molecular formula is C21H17ClN2O3S2. The first kappa shape index (κ1) is 21.0. The van der Waals surface area contributed by atoms with E-state index in [1.54, 1.807) is 37.3 Å². The lowest BCUT2D eigenvalue weighted by Gasteiger charge is -2.06. The van der Waals surface area contributed by atoms with E-state index >= 15 is 0 Å². The third kappa shape index (κ3) is 5.20. The summed E-state index contributed by atoms with van der Waals surface area (Å²) in [4.78, 5) is 12.2. The van der Waals surface area contributed by atoms with Gasteiger partial charge in [-0.25, -0.2) is 4.79 Å². The average molecular weight is 445 g/mol. The van der Waals surface area contributed by atoms with Gasteiger partial charge in [-0.15, -0.1) is 11.3 Å². The first-order valence-electron chi connectivity index (χ1n) is 8.57. The Morgan fingerprint density at radius 1 is 1.24 bits per heavy atom. The Balaban J connectivity index is 1.71. The molecule has 0 bridgehead atoms. The van der Waals surface area contributed by atoms with Gasteiger partial charge in [-0.2, -0.15) is 5.10 Å². The third-order valence-corrected chi connectivity index (χ3v) is 5.62. The Morgan fingerprint density at radius 2 is 2.00 bits per heavy atom. The van der Waals surface area contributed by atoms with Crippen LogP contribution in [0.15, 0.2) is 59.0 Å². The number of benzene rings is 2. The SMILES string of the molecule is C/C(=N/NC(=S)Cc1cccc(C(=O)O)c1)c1csc(-c2cccc(Cl)c2)c1O. The number of rotatable bonds is 6. The monoisotopic (exact) mass is 444 g/mol. The molecule has 0 unspecified atom stereocenters. The molecule has 2 aromatic carbocycles. The van der Waals surface area contributed by atoms with Crippen molar-refractivity contribution in [2.45, 2.75) is 13.3 Å². The van der Waals surface area contributed by atoms with E-state index in [1.165, 1.54) is 17.4 Å². The molecule has 3 rings (SSSR count). The highest BCUT2D eigenvalue weighted by atomic mass is 35.5. The van der Waals surface area contributed by atoms with Gasteiger partial charge in [-0.05, 0) is 42.3 Å². The van der Waals surface area contributed by atoms with Crippen LogP contribution in [0, 0.1) is 0 Å². The number of carbonyl (C=O) groups is 1. The van der Waals surface area contributed by atoms with E-state index in [-0.39, 0.29) is 11.3 Å². The van der Waals surface area contributed by atoms with Gasteiger partial charge in [0.05, 0.1) is 21.7 Å². The number of aromatic hydroxyl groups is 1. The zero-order valence-corrected chi connectivity index (χ0v) is 17.7. The summed E-state index contributed by atoms with van der Waals surface area (Å²) in [7, 11) is 0. The highest BCUT2D eigenvalue weighted by molar-refractivity contribution is 7.80. The van der Waals surface area contributed by atoms with Crippen LogP contribution in [0.1, 0.15) is 28.4 Å². The lowest BCUT2D eigenvalue weighted by atomic mass is 10.1. The topological polar surface area (TPSA) is 81.9 Å². The van der Waals surface area contributed by atoms with Gasteiger partial charge in [0.15, 0.2) is 0 Å². The number of carboxylic acids is 1. The highest BCUT2D eigenvalue weighted by Gasteiger charge is 2.15. The molecule has 5 nitrogen and oxygen atoms in total. The van der Waals surface area contributed by atoms with Gasteiger partial charge in [0.1, 0.15) is 10.7 Å². The summed E-state index contributed by atoms with van der Waals surface area (Å²) in [5, 5.41) is 26.4. The molecule has 0 radical (unpaired) electrons. The second-order valence-corrected chi connectivity index (χ2v) is 8.06. The number of carboxylic acid groups (broad SMARTS) is 1. The summed E-state index contributed by atoms with van der Waals surface area (Å²) in [6, 6.07) is 13.9. The molecule has 0 aliphatic rings. The molecule has 0 amide bonds. The van der Waals surface area contributed by atoms with Crippen molar-refractivity contribution in [3.63, 3.8) is 0 Å². The van der Waals surface area contributed by atoms with Gasteiger partial charge in [0, 0.05) is 16.8 Å². The number of thiophene rings is 1. The molecule has 0 aliphatic heterocycles. The van der Waals surface area contributed by atoms with Crippen LogP contribution < -0.4 is 5.43 Å². The molecule has 0 aliphatic carbocycles. The van der Waals surface area contributed by atoms with Crippen molar-refractivity contribution in [3.8, 4) is 16.2 Å². The smallest absolute Gasteiger partial charge is 0.335 e. The molecule has 1 heterocycles. The molecule has 0 saturated heterocycles. The van der Waals surface area contributed by atoms with Gasteiger partial charge in [0.25, 0.3) is 0 Å². The molecule has 1 aromatic heterocycles. The number of hydrogen-bond acceptors (Lipinski definition) is 5. The van der Waals surface area contributed by atoms with Gasteiger partial charge >= 0.3 is 5.97 Å². The van der Waals surface area contributed by atoms with Crippen molar-refractivity contribution >= 4 is 51.8 Å². The molecular weight excluding hydrogens is 428 g/mol. The highest BCUT2D eigenvalue weighted by Crippen LogP contribution is 2.39. The van der Waals surface area contributed by atoms with E-state index in [9.17, 15) is 9.90 Å². The van der Waals surface area contributed by atoms with Gasteiger partial charge < -0.3 is 10.2 Å². The first-order chi connectivity index (χ1) is 13.8. The lowest BCUT2D eigenvalue weighted by Crippen LogP contribution is -2.19. The molecule has 8 heteroatoms. The fourth-order valence-electron chi connectivity index (χ4n) is 2.69. The van der Waals surface area contributed by atoms with Crippen LogP contribution >= 0.6 is 35.2 Å². The Hall–Kier alpha value is -2.74. The summed E-state index contributed by atoms with van der Waals surface area (Å²) in [6.45, 7) is 1.77. The van der Waals surface area contributed by atoms with Crippen molar-refractivity contribution in [1.82, 2.24) is 5.43 Å².